The van der Waals surface area contributed by atoms with Gasteiger partial charge in [0.25, 0.3) is 10.0 Å². The van der Waals surface area contributed by atoms with E-state index in [-0.39, 0.29) is 40.5 Å². The molecule has 0 saturated carbocycles. The molecule has 0 bridgehead atoms. The zero-order valence-electron chi connectivity index (χ0n) is 24.6. The summed E-state index contributed by atoms with van der Waals surface area (Å²) in [5.41, 5.74) is 1.80. The van der Waals surface area contributed by atoms with Gasteiger partial charge in [-0.1, -0.05) is 107 Å². The maximum absolute atomic E-state index is 14.5. The minimum atomic E-state index is -4.22. The molecule has 0 spiro atoms. The molecule has 10 heteroatoms. The van der Waals surface area contributed by atoms with Crippen LogP contribution >= 0.6 is 27.5 Å². The number of nitrogens with zero attached hydrogens (tertiary/aromatic N) is 2. The lowest BCUT2D eigenvalue weighted by Crippen LogP contribution is -2.54. The third-order valence-corrected chi connectivity index (χ3v) is 9.83. The summed E-state index contributed by atoms with van der Waals surface area (Å²) in [4.78, 5) is 29.8. The first-order valence-electron chi connectivity index (χ1n) is 14.3. The Morgan fingerprint density at radius 3 is 2.11 bits per heavy atom. The Kier molecular flexibility index (Phi) is 11.6. The molecule has 2 atom stereocenters. The molecule has 4 aromatic carbocycles. The number of halogens is 2. The molecule has 2 amide bonds. The van der Waals surface area contributed by atoms with Gasteiger partial charge in [0.05, 0.1) is 15.6 Å². The van der Waals surface area contributed by atoms with Crippen molar-refractivity contribution in [1.82, 2.24) is 10.2 Å². The highest BCUT2D eigenvalue weighted by atomic mass is 79.9. The van der Waals surface area contributed by atoms with Crippen molar-refractivity contribution >= 4 is 55.1 Å². The van der Waals surface area contributed by atoms with Gasteiger partial charge in [0, 0.05) is 23.5 Å². The molecule has 0 aliphatic carbocycles. The molecule has 1 N–H and O–H groups in total. The molecule has 44 heavy (non-hydrogen) atoms. The zero-order chi connectivity index (χ0) is 31.7. The molecule has 4 aromatic rings. The van der Waals surface area contributed by atoms with Crippen LogP contribution in [-0.2, 0) is 32.6 Å². The molecule has 0 unspecified atom stereocenters. The normalized spacial score (nSPS) is 12.6. The minimum absolute atomic E-state index is 0.0154. The highest BCUT2D eigenvalue weighted by Crippen LogP contribution is 2.31. The molecule has 7 nitrogen and oxygen atoms in total. The van der Waals surface area contributed by atoms with Gasteiger partial charge in [0.15, 0.2) is 0 Å². The van der Waals surface area contributed by atoms with Crippen molar-refractivity contribution in [2.24, 2.45) is 0 Å². The topological polar surface area (TPSA) is 86.8 Å². The second-order valence-corrected chi connectivity index (χ2v) is 13.6. The molecule has 0 saturated heterocycles. The van der Waals surface area contributed by atoms with Crippen LogP contribution in [0.25, 0.3) is 0 Å². The first-order chi connectivity index (χ1) is 21.1. The number of carbonyl (C=O) groups is 2. The second-order valence-electron chi connectivity index (χ2n) is 10.5. The van der Waals surface area contributed by atoms with Crippen LogP contribution in [0.4, 0.5) is 5.69 Å². The van der Waals surface area contributed by atoms with Crippen LogP contribution in [0.1, 0.15) is 31.4 Å². The van der Waals surface area contributed by atoms with Crippen molar-refractivity contribution in [2.75, 3.05) is 10.8 Å². The van der Waals surface area contributed by atoms with E-state index >= 15 is 0 Å². The fraction of sp³-hybridized carbons (Fsp3) is 0.235. The number of rotatable bonds is 13. The van der Waals surface area contributed by atoms with Crippen LogP contribution in [0, 0.1) is 0 Å². The number of sulfonamides is 1. The fourth-order valence-corrected chi connectivity index (χ4v) is 6.90. The maximum Gasteiger partial charge on any atom is 0.264 e. The van der Waals surface area contributed by atoms with Gasteiger partial charge in [0.2, 0.25) is 11.8 Å². The second kappa shape index (κ2) is 15.4. The Bertz CT molecular complexity index is 1670. The Morgan fingerprint density at radius 1 is 0.864 bits per heavy atom. The first kappa shape index (κ1) is 33.2. The molecule has 0 aliphatic heterocycles. The van der Waals surface area contributed by atoms with E-state index in [1.165, 1.54) is 17.0 Å². The lowest BCUT2D eigenvalue weighted by molar-refractivity contribution is -0.140. The van der Waals surface area contributed by atoms with Crippen molar-refractivity contribution in [3.8, 4) is 0 Å². The summed E-state index contributed by atoms with van der Waals surface area (Å²) in [5.74, 6) is -0.869. The quantitative estimate of drug-likeness (QED) is 0.166. The summed E-state index contributed by atoms with van der Waals surface area (Å²) in [6, 6.07) is 30.3. The average molecular weight is 697 g/mol. The Balaban J connectivity index is 1.81. The van der Waals surface area contributed by atoms with Crippen molar-refractivity contribution in [3.05, 3.63) is 130 Å². The van der Waals surface area contributed by atoms with Crippen molar-refractivity contribution in [3.63, 3.8) is 0 Å². The number of nitrogens with one attached hydrogen (secondary N) is 1. The van der Waals surface area contributed by atoms with E-state index in [1.54, 1.807) is 42.5 Å². The van der Waals surface area contributed by atoms with E-state index in [2.05, 4.69) is 21.2 Å². The van der Waals surface area contributed by atoms with Gasteiger partial charge in [-0.3, -0.25) is 13.9 Å². The molecule has 0 heterocycles. The molecular formula is C34H35BrClN3O4S. The van der Waals surface area contributed by atoms with Crippen molar-refractivity contribution in [1.29, 1.82) is 0 Å². The first-order valence-corrected chi connectivity index (χ1v) is 16.9. The molecular weight excluding hydrogens is 662 g/mol. The number of benzene rings is 4. The number of anilines is 1. The summed E-state index contributed by atoms with van der Waals surface area (Å²) in [6.45, 7) is 3.38. The maximum atomic E-state index is 14.5. The van der Waals surface area contributed by atoms with Crippen LogP contribution in [0.15, 0.2) is 119 Å². The van der Waals surface area contributed by atoms with Crippen molar-refractivity contribution < 1.29 is 18.0 Å². The van der Waals surface area contributed by atoms with Crippen LogP contribution in [0.3, 0.4) is 0 Å². The fourth-order valence-electron chi connectivity index (χ4n) is 4.71. The van der Waals surface area contributed by atoms with Crippen LogP contribution < -0.4 is 9.62 Å². The summed E-state index contributed by atoms with van der Waals surface area (Å²) in [7, 11) is -4.22. The summed E-state index contributed by atoms with van der Waals surface area (Å²) < 4.78 is 29.9. The monoisotopic (exact) mass is 695 g/mol. The predicted octanol–water partition coefficient (Wildman–Crippen LogP) is 6.85. The largest absolute Gasteiger partial charge is 0.352 e. The zero-order valence-corrected chi connectivity index (χ0v) is 27.7. The van der Waals surface area contributed by atoms with Gasteiger partial charge >= 0.3 is 0 Å². The number of amides is 2. The molecule has 230 valence electrons. The van der Waals surface area contributed by atoms with Crippen molar-refractivity contribution in [2.45, 2.75) is 50.2 Å². The van der Waals surface area contributed by atoms with Crippen LogP contribution in [0.5, 0.6) is 0 Å². The standard InChI is InChI=1S/C34H35BrClN3O4S/c1-3-25(2)37-34(41)32(22-26-13-6-4-7-14-26)38(23-27-15-12-16-28(35)21-27)33(40)24-39(31-20-11-10-19-30(31)36)44(42,43)29-17-8-5-9-18-29/h4-21,25,32H,3,22-24H2,1-2H3,(H,37,41)/t25-,32+/m0/s1. The Hall–Kier alpha value is -3.66. The molecule has 0 radical (unpaired) electrons. The van der Waals surface area contributed by atoms with Gasteiger partial charge in [-0.25, -0.2) is 8.42 Å². The van der Waals surface area contributed by atoms with E-state index in [0.717, 1.165) is 19.9 Å². The summed E-state index contributed by atoms with van der Waals surface area (Å²) in [5, 5.41) is 3.21. The summed E-state index contributed by atoms with van der Waals surface area (Å²) in [6.07, 6.45) is 0.944. The highest BCUT2D eigenvalue weighted by molar-refractivity contribution is 9.10. The summed E-state index contributed by atoms with van der Waals surface area (Å²) >= 11 is 10.0. The van der Waals surface area contributed by atoms with Gasteiger partial charge in [-0.05, 0) is 60.9 Å². The lowest BCUT2D eigenvalue weighted by atomic mass is 10.0. The van der Waals surface area contributed by atoms with Gasteiger partial charge < -0.3 is 10.2 Å². The van der Waals surface area contributed by atoms with Gasteiger partial charge in [-0.15, -0.1) is 0 Å². The number of carbonyl (C=O) groups excluding carboxylic acids is 2. The average Bonchev–Trinajstić information content (AvgIpc) is 3.02. The third-order valence-electron chi connectivity index (χ3n) is 7.25. The number of hydrogen-bond acceptors (Lipinski definition) is 4. The van der Waals surface area contributed by atoms with E-state index in [9.17, 15) is 18.0 Å². The highest BCUT2D eigenvalue weighted by Gasteiger charge is 2.35. The minimum Gasteiger partial charge on any atom is -0.352 e. The van der Waals surface area contributed by atoms with Gasteiger partial charge in [-0.2, -0.15) is 0 Å². The third kappa shape index (κ3) is 8.49. The van der Waals surface area contributed by atoms with Crippen LogP contribution in [0.2, 0.25) is 5.02 Å². The van der Waals surface area contributed by atoms with E-state index in [1.807, 2.05) is 68.4 Å². The number of para-hydroxylation sites is 1. The molecule has 0 aromatic heterocycles. The number of hydrogen-bond donors (Lipinski definition) is 1. The SMILES string of the molecule is CC[C@H](C)NC(=O)[C@@H](Cc1ccccc1)N(Cc1cccc(Br)c1)C(=O)CN(c1ccccc1Cl)S(=O)(=O)c1ccccc1. The van der Waals surface area contributed by atoms with E-state index < -0.39 is 28.5 Å². The van der Waals surface area contributed by atoms with E-state index in [4.69, 9.17) is 11.6 Å². The van der Waals surface area contributed by atoms with E-state index in [0.29, 0.717) is 6.42 Å². The molecule has 0 fully saturated rings. The molecule has 0 aliphatic rings. The van der Waals surface area contributed by atoms with Crippen LogP contribution in [-0.4, -0.2) is 43.8 Å². The molecule has 4 rings (SSSR count). The van der Waals surface area contributed by atoms with Gasteiger partial charge in [0.1, 0.15) is 12.6 Å². The predicted molar refractivity (Wildman–Crippen MR) is 179 cm³/mol. The lowest BCUT2D eigenvalue weighted by Gasteiger charge is -2.34. The Labute approximate surface area is 273 Å². The smallest absolute Gasteiger partial charge is 0.264 e. The Morgan fingerprint density at radius 2 is 1.48 bits per heavy atom.